The van der Waals surface area contributed by atoms with Crippen LogP contribution in [0.15, 0.2) is 60.7 Å². The molecule has 3 rings (SSSR count). The zero-order valence-electron chi connectivity index (χ0n) is 12.4. The Bertz CT molecular complexity index is 544. The van der Waals surface area contributed by atoms with Crippen molar-refractivity contribution in [2.45, 2.75) is 38.5 Å². The van der Waals surface area contributed by atoms with Gasteiger partial charge in [0.15, 0.2) is 0 Å². The Morgan fingerprint density at radius 1 is 0.762 bits per heavy atom. The van der Waals surface area contributed by atoms with Gasteiger partial charge in [-0.15, -0.1) is 0 Å². The molecule has 0 radical (unpaired) electrons. The second kappa shape index (κ2) is 6.26. The maximum atomic E-state index is 12.7. The third-order valence-corrected chi connectivity index (χ3v) is 4.67. The smallest absolute Gasteiger partial charge is 0.139 e. The van der Waals surface area contributed by atoms with E-state index in [0.717, 1.165) is 32.1 Å². The predicted molar refractivity (Wildman–Crippen MR) is 86.2 cm³/mol. The van der Waals surface area contributed by atoms with Crippen LogP contribution in [0, 0.1) is 5.41 Å². The Labute approximate surface area is 127 Å². The highest BCUT2D eigenvalue weighted by molar-refractivity contribution is 5.86. The molecule has 1 aliphatic carbocycles. The highest BCUT2D eigenvalue weighted by Crippen LogP contribution is 2.39. The Morgan fingerprint density at radius 3 is 1.76 bits per heavy atom. The number of rotatable bonds is 4. The topological polar surface area (TPSA) is 17.1 Å². The van der Waals surface area contributed by atoms with Crippen LogP contribution in [-0.2, 0) is 17.6 Å². The van der Waals surface area contributed by atoms with E-state index in [1.165, 1.54) is 17.5 Å². The van der Waals surface area contributed by atoms with Crippen molar-refractivity contribution in [2.75, 3.05) is 0 Å². The molecule has 1 heteroatoms. The molecular weight excluding hydrogens is 256 g/mol. The van der Waals surface area contributed by atoms with E-state index in [9.17, 15) is 4.79 Å². The lowest BCUT2D eigenvalue weighted by molar-refractivity contribution is -0.131. The fourth-order valence-electron chi connectivity index (χ4n) is 3.56. The van der Waals surface area contributed by atoms with Gasteiger partial charge in [0.05, 0.1) is 0 Å². The van der Waals surface area contributed by atoms with E-state index in [1.54, 1.807) is 0 Å². The van der Waals surface area contributed by atoms with Gasteiger partial charge >= 0.3 is 0 Å². The first-order valence-corrected chi connectivity index (χ1v) is 7.90. The van der Waals surface area contributed by atoms with Gasteiger partial charge in [-0.3, -0.25) is 4.79 Å². The molecule has 1 aliphatic rings. The second-order valence-corrected chi connectivity index (χ2v) is 6.24. The summed E-state index contributed by atoms with van der Waals surface area (Å²) in [6.07, 6.45) is 5.76. The van der Waals surface area contributed by atoms with Crippen LogP contribution in [0.4, 0.5) is 0 Å². The number of hydrogen-bond acceptors (Lipinski definition) is 1. The molecule has 2 aromatic carbocycles. The summed E-state index contributed by atoms with van der Waals surface area (Å²) >= 11 is 0. The SMILES string of the molecule is O=C1CCCCC1(Cc1ccccc1)Cc1ccccc1. The lowest BCUT2D eigenvalue weighted by atomic mass is 9.66. The van der Waals surface area contributed by atoms with Crippen molar-refractivity contribution in [3.63, 3.8) is 0 Å². The van der Waals surface area contributed by atoms with E-state index in [4.69, 9.17) is 0 Å². The second-order valence-electron chi connectivity index (χ2n) is 6.24. The monoisotopic (exact) mass is 278 g/mol. The Kier molecular flexibility index (Phi) is 4.19. The van der Waals surface area contributed by atoms with Gasteiger partial charge in [0, 0.05) is 11.8 Å². The number of benzene rings is 2. The molecule has 0 atom stereocenters. The molecule has 0 amide bonds. The standard InChI is InChI=1S/C20H22O/c21-19-13-7-8-14-20(19,15-17-9-3-1-4-10-17)16-18-11-5-2-6-12-18/h1-6,9-12H,7-8,13-16H2. The van der Waals surface area contributed by atoms with Crippen molar-refractivity contribution in [1.82, 2.24) is 0 Å². The molecule has 0 heterocycles. The molecule has 1 fully saturated rings. The first-order chi connectivity index (χ1) is 10.3. The van der Waals surface area contributed by atoms with Crippen LogP contribution in [0.25, 0.3) is 0 Å². The summed E-state index contributed by atoms with van der Waals surface area (Å²) in [6, 6.07) is 20.9. The summed E-state index contributed by atoms with van der Waals surface area (Å²) in [5.41, 5.74) is 2.37. The van der Waals surface area contributed by atoms with Gasteiger partial charge in [-0.1, -0.05) is 67.1 Å². The molecule has 108 valence electrons. The summed E-state index contributed by atoms with van der Waals surface area (Å²) in [5.74, 6) is 0.460. The summed E-state index contributed by atoms with van der Waals surface area (Å²) in [7, 11) is 0. The van der Waals surface area contributed by atoms with E-state index in [1.807, 2.05) is 12.1 Å². The average Bonchev–Trinajstić information content (AvgIpc) is 2.52. The minimum Gasteiger partial charge on any atom is -0.299 e. The molecule has 0 aliphatic heterocycles. The van der Waals surface area contributed by atoms with Crippen LogP contribution in [-0.4, -0.2) is 5.78 Å². The number of Topliss-reactive ketones (excluding diaryl/α,β-unsaturated/α-hetero) is 1. The quantitative estimate of drug-likeness (QED) is 0.798. The predicted octanol–water partition coefficient (Wildman–Crippen LogP) is 4.60. The first kappa shape index (κ1) is 14.1. The van der Waals surface area contributed by atoms with Crippen LogP contribution < -0.4 is 0 Å². The molecule has 21 heavy (non-hydrogen) atoms. The highest BCUT2D eigenvalue weighted by Gasteiger charge is 2.39. The average molecular weight is 278 g/mol. The molecule has 0 spiro atoms. The van der Waals surface area contributed by atoms with E-state index in [-0.39, 0.29) is 5.41 Å². The molecule has 0 aromatic heterocycles. The Balaban J connectivity index is 1.89. The van der Waals surface area contributed by atoms with Crippen LogP contribution in [0.3, 0.4) is 0 Å². The molecule has 1 saturated carbocycles. The lowest BCUT2D eigenvalue weighted by Crippen LogP contribution is -2.38. The zero-order valence-corrected chi connectivity index (χ0v) is 12.4. The minimum atomic E-state index is -0.193. The molecule has 0 unspecified atom stereocenters. The minimum absolute atomic E-state index is 0.193. The van der Waals surface area contributed by atoms with Gasteiger partial charge in [-0.05, 0) is 36.8 Å². The van der Waals surface area contributed by atoms with E-state index in [2.05, 4.69) is 48.5 Å². The zero-order chi connectivity index (χ0) is 14.5. The van der Waals surface area contributed by atoms with Crippen LogP contribution >= 0.6 is 0 Å². The molecule has 0 N–H and O–H groups in total. The molecule has 0 bridgehead atoms. The fraction of sp³-hybridized carbons (Fsp3) is 0.350. The molecule has 2 aromatic rings. The summed E-state index contributed by atoms with van der Waals surface area (Å²) in [6.45, 7) is 0. The summed E-state index contributed by atoms with van der Waals surface area (Å²) in [5, 5.41) is 0. The van der Waals surface area contributed by atoms with Gasteiger partial charge in [0.25, 0.3) is 0 Å². The van der Waals surface area contributed by atoms with Crippen LogP contribution in [0.5, 0.6) is 0 Å². The largest absolute Gasteiger partial charge is 0.299 e. The Hall–Kier alpha value is -1.89. The van der Waals surface area contributed by atoms with Crippen LogP contribution in [0.2, 0.25) is 0 Å². The van der Waals surface area contributed by atoms with Gasteiger partial charge < -0.3 is 0 Å². The highest BCUT2D eigenvalue weighted by atomic mass is 16.1. The van der Waals surface area contributed by atoms with Crippen LogP contribution in [0.1, 0.15) is 36.8 Å². The Morgan fingerprint density at radius 2 is 1.29 bits per heavy atom. The van der Waals surface area contributed by atoms with E-state index < -0.39 is 0 Å². The van der Waals surface area contributed by atoms with Crippen molar-refractivity contribution in [3.8, 4) is 0 Å². The molecular formula is C20H22O. The maximum Gasteiger partial charge on any atom is 0.139 e. The number of carbonyl (C=O) groups excluding carboxylic acids is 1. The molecule has 0 saturated heterocycles. The maximum absolute atomic E-state index is 12.7. The van der Waals surface area contributed by atoms with E-state index in [0.29, 0.717) is 5.78 Å². The van der Waals surface area contributed by atoms with Gasteiger partial charge in [0.1, 0.15) is 5.78 Å². The number of hydrogen-bond donors (Lipinski definition) is 0. The number of ketones is 1. The lowest BCUT2D eigenvalue weighted by Gasteiger charge is -2.36. The van der Waals surface area contributed by atoms with Crippen molar-refractivity contribution in [2.24, 2.45) is 5.41 Å². The molecule has 1 nitrogen and oxygen atoms in total. The summed E-state index contributed by atoms with van der Waals surface area (Å²) in [4.78, 5) is 12.7. The van der Waals surface area contributed by atoms with Crippen molar-refractivity contribution in [1.29, 1.82) is 0 Å². The number of carbonyl (C=O) groups is 1. The van der Waals surface area contributed by atoms with Gasteiger partial charge in [0.2, 0.25) is 0 Å². The normalized spacial score (nSPS) is 17.6. The van der Waals surface area contributed by atoms with Crippen molar-refractivity contribution < 1.29 is 4.79 Å². The van der Waals surface area contributed by atoms with E-state index >= 15 is 0 Å². The first-order valence-electron chi connectivity index (χ1n) is 7.90. The van der Waals surface area contributed by atoms with Gasteiger partial charge in [-0.2, -0.15) is 0 Å². The van der Waals surface area contributed by atoms with Crippen molar-refractivity contribution in [3.05, 3.63) is 71.8 Å². The third kappa shape index (κ3) is 3.24. The van der Waals surface area contributed by atoms with Gasteiger partial charge in [-0.25, -0.2) is 0 Å². The van der Waals surface area contributed by atoms with Crippen molar-refractivity contribution >= 4 is 5.78 Å². The summed E-state index contributed by atoms with van der Waals surface area (Å²) < 4.78 is 0. The fourth-order valence-corrected chi connectivity index (χ4v) is 3.56. The third-order valence-electron chi connectivity index (χ3n) is 4.67.